The fourth-order valence-corrected chi connectivity index (χ4v) is 2.28. The van der Waals surface area contributed by atoms with Crippen LogP contribution in [0.1, 0.15) is 45.0 Å². The van der Waals surface area contributed by atoms with E-state index in [0.29, 0.717) is 19.5 Å². The monoisotopic (exact) mass is 300 g/mol. The van der Waals surface area contributed by atoms with Crippen LogP contribution in [0.5, 0.6) is 0 Å². The summed E-state index contributed by atoms with van der Waals surface area (Å²) in [4.78, 5) is 11.5. The summed E-state index contributed by atoms with van der Waals surface area (Å²) in [6.45, 7) is 8.95. The van der Waals surface area contributed by atoms with Gasteiger partial charge in [0.15, 0.2) is 0 Å². The number of carbonyl (C=O) groups excluding carboxylic acids is 1. The number of amides is 1. The summed E-state index contributed by atoms with van der Waals surface area (Å²) in [6, 6.07) is 0. The summed E-state index contributed by atoms with van der Waals surface area (Å²) in [5.74, 6) is 0.0868. The van der Waals surface area contributed by atoms with Crippen LogP contribution in [-0.4, -0.2) is 28.8 Å². The van der Waals surface area contributed by atoms with Gasteiger partial charge in [0.1, 0.15) is 0 Å². The van der Waals surface area contributed by atoms with E-state index in [1.54, 1.807) is 0 Å². The van der Waals surface area contributed by atoms with Crippen LogP contribution in [0, 0.1) is 0 Å². The molecule has 0 aliphatic heterocycles. The van der Waals surface area contributed by atoms with Gasteiger partial charge in [-0.15, -0.1) is 0 Å². The molecule has 0 spiro atoms. The number of aryl methyl sites for hydroxylation is 2. The van der Waals surface area contributed by atoms with Crippen molar-refractivity contribution in [1.82, 2.24) is 20.4 Å². The second-order valence-corrected chi connectivity index (χ2v) is 5.03. The fourth-order valence-electron chi connectivity index (χ4n) is 1.95. The van der Waals surface area contributed by atoms with E-state index in [0.717, 1.165) is 42.3 Å². The lowest BCUT2D eigenvalue weighted by molar-refractivity contribution is -0.120. The van der Waals surface area contributed by atoms with Gasteiger partial charge in [-0.2, -0.15) is 5.10 Å². The molecule has 0 saturated carbocycles. The minimum Gasteiger partial charge on any atom is -0.356 e. The zero-order chi connectivity index (χ0) is 15.0. The maximum absolute atomic E-state index is 11.5. The zero-order valence-electron chi connectivity index (χ0n) is 12.6. The Morgan fingerprint density at radius 2 is 2.05 bits per heavy atom. The summed E-state index contributed by atoms with van der Waals surface area (Å²) in [5, 5.41) is 11.3. The summed E-state index contributed by atoms with van der Waals surface area (Å²) in [6.07, 6.45) is 2.28. The third-order valence-electron chi connectivity index (χ3n) is 3.09. The van der Waals surface area contributed by atoms with E-state index in [1.165, 1.54) is 0 Å². The number of nitrogens with one attached hydrogen (secondary N) is 2. The molecular formula is C14H25ClN4O. The minimum absolute atomic E-state index is 0.0868. The van der Waals surface area contributed by atoms with Gasteiger partial charge < -0.3 is 10.6 Å². The molecule has 114 valence electrons. The number of halogens is 1. The first-order valence-corrected chi connectivity index (χ1v) is 7.73. The first-order chi connectivity index (χ1) is 9.63. The Balaban J connectivity index is 2.42. The van der Waals surface area contributed by atoms with Crippen LogP contribution in [-0.2, 0) is 24.3 Å². The third kappa shape index (κ3) is 4.80. The Labute approximate surface area is 126 Å². The van der Waals surface area contributed by atoms with E-state index < -0.39 is 0 Å². The highest BCUT2D eigenvalue weighted by atomic mass is 35.5. The number of hydrogen-bond donors (Lipinski definition) is 2. The quantitative estimate of drug-likeness (QED) is 0.687. The van der Waals surface area contributed by atoms with Crippen LogP contribution in [0.25, 0.3) is 0 Å². The second kappa shape index (κ2) is 8.97. The lowest BCUT2D eigenvalue weighted by atomic mass is 10.3. The smallest absolute Gasteiger partial charge is 0.221 e. The predicted octanol–water partition coefficient (Wildman–Crippen LogP) is 2.12. The van der Waals surface area contributed by atoms with E-state index in [1.807, 2.05) is 25.5 Å². The topological polar surface area (TPSA) is 59.0 Å². The van der Waals surface area contributed by atoms with E-state index >= 15 is 0 Å². The number of nitrogens with zero attached hydrogens (tertiary/aromatic N) is 2. The molecule has 2 N–H and O–H groups in total. The highest BCUT2D eigenvalue weighted by molar-refractivity contribution is 6.31. The van der Waals surface area contributed by atoms with Crippen molar-refractivity contribution in [3.8, 4) is 0 Å². The van der Waals surface area contributed by atoms with Gasteiger partial charge in [-0.05, 0) is 19.8 Å². The normalized spacial score (nSPS) is 10.8. The highest BCUT2D eigenvalue weighted by Gasteiger charge is 2.13. The molecule has 0 atom stereocenters. The standard InChI is InChI=1S/C14H25ClN4O/c1-4-8-17-13(20)7-9-16-10-12-14(15)11(5-2)18-19(12)6-3/h16H,4-10H2,1-3H3,(H,17,20). The maximum Gasteiger partial charge on any atom is 0.221 e. The molecular weight excluding hydrogens is 276 g/mol. The number of aromatic nitrogens is 2. The van der Waals surface area contributed by atoms with Crippen molar-refractivity contribution in [1.29, 1.82) is 0 Å². The molecule has 0 unspecified atom stereocenters. The number of hydrogen-bond acceptors (Lipinski definition) is 3. The lowest BCUT2D eigenvalue weighted by Crippen LogP contribution is -2.28. The van der Waals surface area contributed by atoms with Crippen molar-refractivity contribution in [2.45, 2.75) is 53.1 Å². The molecule has 0 saturated heterocycles. The van der Waals surface area contributed by atoms with Gasteiger partial charge in [0.2, 0.25) is 5.91 Å². The molecule has 1 heterocycles. The van der Waals surface area contributed by atoms with Crippen molar-refractivity contribution < 1.29 is 4.79 Å². The number of rotatable bonds is 9. The molecule has 0 aromatic carbocycles. The molecule has 1 amide bonds. The molecule has 1 rings (SSSR count). The summed E-state index contributed by atoms with van der Waals surface area (Å²) in [7, 11) is 0. The van der Waals surface area contributed by atoms with Crippen LogP contribution in [0.15, 0.2) is 0 Å². The van der Waals surface area contributed by atoms with E-state index in [9.17, 15) is 4.79 Å². The van der Waals surface area contributed by atoms with Gasteiger partial charge in [0.25, 0.3) is 0 Å². The van der Waals surface area contributed by atoms with Crippen molar-refractivity contribution >= 4 is 17.5 Å². The van der Waals surface area contributed by atoms with Crippen molar-refractivity contribution in [2.75, 3.05) is 13.1 Å². The zero-order valence-corrected chi connectivity index (χ0v) is 13.4. The molecule has 5 nitrogen and oxygen atoms in total. The van der Waals surface area contributed by atoms with Crippen molar-refractivity contribution in [3.63, 3.8) is 0 Å². The highest BCUT2D eigenvalue weighted by Crippen LogP contribution is 2.21. The van der Waals surface area contributed by atoms with Crippen molar-refractivity contribution in [2.24, 2.45) is 0 Å². The van der Waals surface area contributed by atoms with Gasteiger partial charge in [-0.1, -0.05) is 25.4 Å². The Morgan fingerprint density at radius 1 is 1.30 bits per heavy atom. The molecule has 0 fully saturated rings. The van der Waals surface area contributed by atoms with E-state index in [2.05, 4.69) is 15.7 Å². The van der Waals surface area contributed by atoms with Crippen LogP contribution >= 0.6 is 11.6 Å². The van der Waals surface area contributed by atoms with Gasteiger partial charge in [0, 0.05) is 32.6 Å². The van der Waals surface area contributed by atoms with Crippen LogP contribution < -0.4 is 10.6 Å². The first kappa shape index (κ1) is 17.0. The fraction of sp³-hybridized carbons (Fsp3) is 0.714. The Kier molecular flexibility index (Phi) is 7.62. The Morgan fingerprint density at radius 3 is 2.65 bits per heavy atom. The molecule has 1 aromatic heterocycles. The average Bonchev–Trinajstić information content (AvgIpc) is 2.77. The molecule has 0 bridgehead atoms. The second-order valence-electron chi connectivity index (χ2n) is 4.65. The molecule has 1 aromatic rings. The van der Waals surface area contributed by atoms with Gasteiger partial charge in [-0.25, -0.2) is 0 Å². The van der Waals surface area contributed by atoms with Gasteiger partial charge >= 0.3 is 0 Å². The van der Waals surface area contributed by atoms with Crippen molar-refractivity contribution in [3.05, 3.63) is 16.4 Å². The third-order valence-corrected chi connectivity index (χ3v) is 3.52. The van der Waals surface area contributed by atoms with Gasteiger partial charge in [0.05, 0.1) is 16.4 Å². The molecule has 0 aliphatic rings. The maximum atomic E-state index is 11.5. The van der Waals surface area contributed by atoms with E-state index in [-0.39, 0.29) is 5.91 Å². The molecule has 20 heavy (non-hydrogen) atoms. The minimum atomic E-state index is 0.0868. The molecule has 0 aliphatic carbocycles. The largest absolute Gasteiger partial charge is 0.356 e. The van der Waals surface area contributed by atoms with Gasteiger partial charge in [-0.3, -0.25) is 9.48 Å². The summed E-state index contributed by atoms with van der Waals surface area (Å²) < 4.78 is 1.92. The molecule has 6 heteroatoms. The SMILES string of the molecule is CCCNC(=O)CCNCc1c(Cl)c(CC)nn1CC. The number of carbonyl (C=O) groups is 1. The van der Waals surface area contributed by atoms with Crippen LogP contribution in [0.2, 0.25) is 5.02 Å². The Hall–Kier alpha value is -1.07. The van der Waals surface area contributed by atoms with E-state index in [4.69, 9.17) is 11.6 Å². The Bertz CT molecular complexity index is 431. The molecule has 0 radical (unpaired) electrons. The predicted molar refractivity (Wildman–Crippen MR) is 81.9 cm³/mol. The lowest BCUT2D eigenvalue weighted by Gasteiger charge is -2.07. The summed E-state index contributed by atoms with van der Waals surface area (Å²) in [5.41, 5.74) is 1.94. The van der Waals surface area contributed by atoms with Crippen LogP contribution in [0.4, 0.5) is 0 Å². The first-order valence-electron chi connectivity index (χ1n) is 7.35. The van der Waals surface area contributed by atoms with Crippen LogP contribution in [0.3, 0.4) is 0 Å². The average molecular weight is 301 g/mol. The summed E-state index contributed by atoms with van der Waals surface area (Å²) >= 11 is 6.32.